The largest absolute Gasteiger partial charge is 0.377 e. The van der Waals surface area contributed by atoms with E-state index in [0.717, 1.165) is 24.0 Å². The number of carbonyl (C=O) groups is 1. The number of aliphatic imine (C=N–C) groups is 1. The molecule has 0 bridgehead atoms. The van der Waals surface area contributed by atoms with Gasteiger partial charge in [-0.3, -0.25) is 23.8 Å². The van der Waals surface area contributed by atoms with Gasteiger partial charge in [0, 0.05) is 30.6 Å². The highest BCUT2D eigenvalue weighted by Crippen LogP contribution is 2.35. The molecule has 0 radical (unpaired) electrons. The van der Waals surface area contributed by atoms with Crippen LogP contribution in [0.2, 0.25) is 0 Å². The molecule has 43 heavy (non-hydrogen) atoms. The molecule has 0 aliphatic carbocycles. The van der Waals surface area contributed by atoms with Gasteiger partial charge in [-0.25, -0.2) is 8.42 Å². The lowest BCUT2D eigenvalue weighted by Crippen LogP contribution is -2.42. The second-order valence-corrected chi connectivity index (χ2v) is 12.4. The Morgan fingerprint density at radius 3 is 2.51 bits per heavy atom. The van der Waals surface area contributed by atoms with Gasteiger partial charge in [-0.15, -0.1) is 0 Å². The van der Waals surface area contributed by atoms with Gasteiger partial charge in [-0.1, -0.05) is 61.8 Å². The Balaban J connectivity index is 1.72. The molecule has 0 saturated carbocycles. The number of aryl methyl sites for hydroxylation is 1. The average molecular weight is 613 g/mol. The van der Waals surface area contributed by atoms with Crippen molar-refractivity contribution in [2.24, 2.45) is 4.99 Å². The number of alkyl halides is 1. The molecule has 232 valence electrons. The number of carbonyl (C=O) groups excluding carboxylic acids is 1. The van der Waals surface area contributed by atoms with Crippen LogP contribution in [0.25, 0.3) is 11.1 Å². The van der Waals surface area contributed by atoms with Gasteiger partial charge in [0.05, 0.1) is 24.7 Å². The summed E-state index contributed by atoms with van der Waals surface area (Å²) in [6.45, 7) is 9.68. The van der Waals surface area contributed by atoms with Crippen LogP contribution in [-0.4, -0.2) is 49.0 Å². The number of aromatic nitrogens is 1. The molecule has 0 fully saturated rings. The van der Waals surface area contributed by atoms with Crippen molar-refractivity contribution in [3.05, 3.63) is 64.9 Å². The van der Waals surface area contributed by atoms with Crippen LogP contribution in [0, 0.1) is 13.8 Å². The minimum absolute atomic E-state index is 0.0652. The maximum atomic E-state index is 13.6. The fraction of sp³-hybridized carbons (Fsp3) is 0.469. The SMILES string of the molecule is CCCCC1=NC(CC)(CCF)C(=O)N1Cc1ccc(-c2ccccc2S(=O)(=O)Nc2noc(C)c2C)c(COCC)c1. The number of hydrogen-bond acceptors (Lipinski definition) is 7. The average Bonchev–Trinajstić information content (AvgIpc) is 3.45. The van der Waals surface area contributed by atoms with Gasteiger partial charge in [0.25, 0.3) is 15.9 Å². The number of nitrogens with one attached hydrogen (secondary N) is 1. The minimum Gasteiger partial charge on any atom is -0.377 e. The molecule has 1 amide bonds. The van der Waals surface area contributed by atoms with Gasteiger partial charge in [-0.2, -0.15) is 0 Å². The Hall–Kier alpha value is -3.57. The van der Waals surface area contributed by atoms with E-state index in [4.69, 9.17) is 14.3 Å². The lowest BCUT2D eigenvalue weighted by atomic mass is 9.92. The maximum Gasteiger partial charge on any atom is 0.263 e. The first kappa shape index (κ1) is 32.3. The summed E-state index contributed by atoms with van der Waals surface area (Å²) in [6, 6.07) is 12.5. The van der Waals surface area contributed by atoms with Crippen molar-refractivity contribution in [1.82, 2.24) is 10.1 Å². The van der Waals surface area contributed by atoms with Crippen molar-refractivity contribution >= 4 is 27.6 Å². The van der Waals surface area contributed by atoms with Gasteiger partial charge >= 0.3 is 0 Å². The Labute approximate surface area is 253 Å². The molecule has 3 aromatic rings. The Kier molecular flexibility index (Phi) is 10.4. The molecule has 4 rings (SSSR count). The molecule has 9 nitrogen and oxygen atoms in total. The molecule has 0 saturated heterocycles. The molecular weight excluding hydrogens is 571 g/mol. The summed E-state index contributed by atoms with van der Waals surface area (Å²) in [5.74, 6) is 1.19. The van der Waals surface area contributed by atoms with Gasteiger partial charge in [0.1, 0.15) is 17.1 Å². The molecule has 2 aromatic carbocycles. The number of unbranched alkanes of at least 4 members (excludes halogenated alkanes) is 1. The summed E-state index contributed by atoms with van der Waals surface area (Å²) in [5, 5.41) is 3.86. The van der Waals surface area contributed by atoms with Crippen LogP contribution in [0.3, 0.4) is 0 Å². The number of anilines is 1. The smallest absolute Gasteiger partial charge is 0.263 e. The highest BCUT2D eigenvalue weighted by atomic mass is 32.2. The molecule has 1 aromatic heterocycles. The van der Waals surface area contributed by atoms with Gasteiger partial charge in [-0.05, 0) is 56.4 Å². The van der Waals surface area contributed by atoms with E-state index in [2.05, 4.69) is 16.8 Å². The third-order valence-corrected chi connectivity index (χ3v) is 9.37. The standard InChI is InChI=1S/C32H41FN4O5S/c1-6-9-14-29-34-32(7-2,17-18-33)31(38)37(29)20-24-15-16-26(25(19-24)21-41-8-3)27-12-10-11-13-28(27)43(39,40)36-30-22(4)23(5)42-35-30/h10-13,15-16,19H,6-9,14,17-18,20-21H2,1-5H3,(H,35,36). The number of benzene rings is 2. The van der Waals surface area contributed by atoms with Gasteiger partial charge in [0.15, 0.2) is 5.82 Å². The second kappa shape index (κ2) is 13.8. The first-order valence-electron chi connectivity index (χ1n) is 14.8. The normalized spacial score (nSPS) is 17.0. The Morgan fingerprint density at radius 2 is 1.86 bits per heavy atom. The Bertz CT molecular complexity index is 1590. The molecule has 1 aliphatic rings. The number of rotatable bonds is 15. The van der Waals surface area contributed by atoms with Crippen molar-refractivity contribution in [1.29, 1.82) is 0 Å². The zero-order valence-corrected chi connectivity index (χ0v) is 26.4. The predicted octanol–water partition coefficient (Wildman–Crippen LogP) is 6.74. The molecule has 1 aliphatic heterocycles. The summed E-state index contributed by atoms with van der Waals surface area (Å²) in [5.41, 5.74) is 2.37. The van der Waals surface area contributed by atoms with Crippen molar-refractivity contribution in [3.63, 3.8) is 0 Å². The van der Waals surface area contributed by atoms with E-state index < -0.39 is 22.2 Å². The zero-order valence-electron chi connectivity index (χ0n) is 25.6. The number of hydrogen-bond donors (Lipinski definition) is 1. The van der Waals surface area contributed by atoms with Crippen LogP contribution in [-0.2, 0) is 32.7 Å². The molecule has 11 heteroatoms. The monoisotopic (exact) mass is 612 g/mol. The molecular formula is C32H41FN4O5S. The fourth-order valence-corrected chi connectivity index (χ4v) is 6.56. The number of nitrogens with zero attached hydrogens (tertiary/aromatic N) is 3. The van der Waals surface area contributed by atoms with Crippen LogP contribution in [0.15, 0.2) is 56.9 Å². The topological polar surface area (TPSA) is 114 Å². The van der Waals surface area contributed by atoms with E-state index in [0.29, 0.717) is 47.7 Å². The van der Waals surface area contributed by atoms with Crippen molar-refractivity contribution < 1.29 is 26.9 Å². The van der Waals surface area contributed by atoms with Crippen LogP contribution in [0.1, 0.15) is 75.3 Å². The third kappa shape index (κ3) is 6.83. The van der Waals surface area contributed by atoms with Crippen molar-refractivity contribution in [3.8, 4) is 11.1 Å². The predicted molar refractivity (Wildman–Crippen MR) is 165 cm³/mol. The van der Waals surface area contributed by atoms with Crippen LogP contribution in [0.4, 0.5) is 10.2 Å². The zero-order chi connectivity index (χ0) is 31.2. The van der Waals surface area contributed by atoms with Gasteiger partial charge in [0.2, 0.25) is 0 Å². The summed E-state index contributed by atoms with van der Waals surface area (Å²) >= 11 is 0. The van der Waals surface area contributed by atoms with Crippen LogP contribution in [0.5, 0.6) is 0 Å². The quantitative estimate of drug-likeness (QED) is 0.203. The molecule has 1 atom stereocenters. The first-order chi connectivity index (χ1) is 20.6. The van der Waals surface area contributed by atoms with Crippen LogP contribution >= 0.6 is 0 Å². The molecule has 1 unspecified atom stereocenters. The van der Waals surface area contributed by atoms with Gasteiger partial charge < -0.3 is 9.26 Å². The highest BCUT2D eigenvalue weighted by molar-refractivity contribution is 7.92. The lowest BCUT2D eigenvalue weighted by molar-refractivity contribution is -0.132. The molecule has 2 heterocycles. The summed E-state index contributed by atoms with van der Waals surface area (Å²) in [6.07, 6.45) is 2.96. The maximum absolute atomic E-state index is 13.6. The summed E-state index contributed by atoms with van der Waals surface area (Å²) in [4.78, 5) is 20.2. The van der Waals surface area contributed by atoms with E-state index in [-0.39, 0.29) is 36.2 Å². The van der Waals surface area contributed by atoms with E-state index in [1.54, 1.807) is 43.0 Å². The van der Waals surface area contributed by atoms with E-state index in [1.165, 1.54) is 0 Å². The number of amidine groups is 1. The number of halogens is 1. The van der Waals surface area contributed by atoms with Crippen molar-refractivity contribution in [2.75, 3.05) is 18.0 Å². The highest BCUT2D eigenvalue weighted by Gasteiger charge is 2.46. The van der Waals surface area contributed by atoms with E-state index in [9.17, 15) is 17.6 Å². The lowest BCUT2D eigenvalue weighted by Gasteiger charge is -2.25. The summed E-state index contributed by atoms with van der Waals surface area (Å²) in [7, 11) is -4.02. The Morgan fingerprint density at radius 1 is 1.09 bits per heavy atom. The van der Waals surface area contributed by atoms with Crippen molar-refractivity contribution in [2.45, 2.75) is 90.3 Å². The van der Waals surface area contributed by atoms with E-state index in [1.807, 2.05) is 32.0 Å². The fourth-order valence-electron chi connectivity index (χ4n) is 5.28. The molecule has 0 spiro atoms. The van der Waals surface area contributed by atoms with Crippen LogP contribution < -0.4 is 4.72 Å². The second-order valence-electron chi connectivity index (χ2n) is 10.8. The number of sulfonamides is 1. The number of ether oxygens (including phenoxy) is 1. The third-order valence-electron chi connectivity index (χ3n) is 7.97. The number of amides is 1. The minimum atomic E-state index is -4.02. The first-order valence-corrected chi connectivity index (χ1v) is 16.3. The molecule has 1 N–H and O–H groups in total. The van der Waals surface area contributed by atoms with E-state index >= 15 is 0 Å². The summed E-state index contributed by atoms with van der Waals surface area (Å²) < 4.78 is 54.1.